The molecule has 31 heavy (non-hydrogen) atoms. The average molecular weight is 411 g/mol. The molecule has 3 aromatic rings. The van der Waals surface area contributed by atoms with Crippen LogP contribution in [0.2, 0.25) is 0 Å². The average Bonchev–Trinajstić information content (AvgIpc) is 3.52. The molecular formula is C27H26N2O2. The van der Waals surface area contributed by atoms with Crippen LogP contribution in [0.1, 0.15) is 35.7 Å². The molecule has 0 amide bonds. The molecule has 5 rings (SSSR count). The second kappa shape index (κ2) is 8.38. The van der Waals surface area contributed by atoms with E-state index in [9.17, 15) is 0 Å². The lowest BCUT2D eigenvalue weighted by molar-refractivity contribution is 0.257. The molecule has 2 aliphatic rings. The van der Waals surface area contributed by atoms with Gasteiger partial charge in [-0.05, 0) is 30.0 Å². The number of hydrogen-bond acceptors (Lipinski definition) is 4. The van der Waals surface area contributed by atoms with Crippen LogP contribution in [0.5, 0.6) is 0 Å². The van der Waals surface area contributed by atoms with E-state index in [1.807, 2.05) is 42.5 Å². The first-order valence-corrected chi connectivity index (χ1v) is 10.8. The number of aliphatic imine (C=N–C) groups is 2. The van der Waals surface area contributed by atoms with Gasteiger partial charge in [-0.1, -0.05) is 91.0 Å². The SMILES string of the molecule is CC(Cc1ccccc1)(C1=NC(c2ccccc2)CO1)C1=NC(c2ccccc2)CO1. The normalized spacial score (nSPS) is 22.1. The van der Waals surface area contributed by atoms with Crippen molar-refractivity contribution in [2.24, 2.45) is 15.4 Å². The highest BCUT2D eigenvalue weighted by atomic mass is 16.5. The van der Waals surface area contributed by atoms with Crippen molar-refractivity contribution >= 4 is 11.8 Å². The van der Waals surface area contributed by atoms with E-state index in [4.69, 9.17) is 19.5 Å². The molecule has 0 bridgehead atoms. The maximum absolute atomic E-state index is 6.20. The maximum atomic E-state index is 6.20. The highest BCUT2D eigenvalue weighted by molar-refractivity contribution is 6.06. The van der Waals surface area contributed by atoms with E-state index in [-0.39, 0.29) is 12.1 Å². The largest absolute Gasteiger partial charge is 0.478 e. The second-order valence-electron chi connectivity index (χ2n) is 8.34. The van der Waals surface area contributed by atoms with Crippen LogP contribution in [0.15, 0.2) is 101 Å². The second-order valence-corrected chi connectivity index (χ2v) is 8.34. The summed E-state index contributed by atoms with van der Waals surface area (Å²) >= 11 is 0. The van der Waals surface area contributed by atoms with Gasteiger partial charge in [0.05, 0.1) is 0 Å². The summed E-state index contributed by atoms with van der Waals surface area (Å²) < 4.78 is 12.4. The molecule has 0 fully saturated rings. The number of rotatable bonds is 6. The molecule has 2 atom stereocenters. The summed E-state index contributed by atoms with van der Waals surface area (Å²) in [5.74, 6) is 1.41. The molecule has 2 heterocycles. The quantitative estimate of drug-likeness (QED) is 0.533. The molecule has 0 saturated heterocycles. The van der Waals surface area contributed by atoms with Crippen molar-refractivity contribution in [1.29, 1.82) is 0 Å². The van der Waals surface area contributed by atoms with Crippen molar-refractivity contribution in [2.75, 3.05) is 13.2 Å². The van der Waals surface area contributed by atoms with Gasteiger partial charge in [-0.2, -0.15) is 0 Å². The van der Waals surface area contributed by atoms with Gasteiger partial charge >= 0.3 is 0 Å². The summed E-state index contributed by atoms with van der Waals surface area (Å²) in [6.07, 6.45) is 0.717. The zero-order valence-electron chi connectivity index (χ0n) is 17.6. The first-order valence-electron chi connectivity index (χ1n) is 10.8. The van der Waals surface area contributed by atoms with Crippen molar-refractivity contribution < 1.29 is 9.47 Å². The molecule has 0 aromatic heterocycles. The van der Waals surface area contributed by atoms with Gasteiger partial charge in [0.25, 0.3) is 0 Å². The Bertz CT molecular complexity index is 1010. The van der Waals surface area contributed by atoms with Crippen LogP contribution in [0.25, 0.3) is 0 Å². The van der Waals surface area contributed by atoms with Gasteiger partial charge in [0.15, 0.2) is 11.8 Å². The molecule has 4 heteroatoms. The molecule has 0 saturated carbocycles. The highest BCUT2D eigenvalue weighted by Gasteiger charge is 2.45. The van der Waals surface area contributed by atoms with Crippen LogP contribution < -0.4 is 0 Å². The third-order valence-corrected chi connectivity index (χ3v) is 6.02. The fraction of sp³-hybridized carbons (Fsp3) is 0.259. The van der Waals surface area contributed by atoms with Crippen LogP contribution in [0.3, 0.4) is 0 Å². The molecular weight excluding hydrogens is 384 g/mol. The van der Waals surface area contributed by atoms with E-state index in [2.05, 4.69) is 55.5 Å². The number of nitrogens with zero attached hydrogens (tertiary/aromatic N) is 2. The molecule has 0 spiro atoms. The third kappa shape index (κ3) is 3.98. The standard InChI is InChI=1S/C27H26N2O2/c1-27(17-20-11-5-2-6-12-20,25-28-23(18-30-25)21-13-7-3-8-14-21)26-29-24(19-31-26)22-15-9-4-10-16-22/h2-16,23-24H,17-19H2,1H3. The van der Waals surface area contributed by atoms with Crippen LogP contribution >= 0.6 is 0 Å². The van der Waals surface area contributed by atoms with Gasteiger partial charge in [-0.3, -0.25) is 0 Å². The van der Waals surface area contributed by atoms with Crippen LogP contribution in [0, 0.1) is 5.41 Å². The third-order valence-electron chi connectivity index (χ3n) is 6.02. The van der Waals surface area contributed by atoms with Crippen molar-refractivity contribution in [3.8, 4) is 0 Å². The van der Waals surface area contributed by atoms with E-state index < -0.39 is 5.41 Å². The van der Waals surface area contributed by atoms with Gasteiger partial charge in [-0.15, -0.1) is 0 Å². The molecule has 4 nitrogen and oxygen atoms in total. The zero-order valence-corrected chi connectivity index (χ0v) is 17.6. The number of ether oxygens (including phenoxy) is 2. The van der Waals surface area contributed by atoms with Crippen molar-refractivity contribution in [3.63, 3.8) is 0 Å². The Labute approximate surface area is 183 Å². The summed E-state index contributed by atoms with van der Waals surface area (Å²) in [5.41, 5.74) is 2.97. The topological polar surface area (TPSA) is 43.2 Å². The zero-order chi connectivity index (χ0) is 21.1. The smallest absolute Gasteiger partial charge is 0.200 e. The Morgan fingerprint density at radius 1 is 0.677 bits per heavy atom. The predicted molar refractivity (Wildman–Crippen MR) is 123 cm³/mol. The van der Waals surface area contributed by atoms with E-state index >= 15 is 0 Å². The number of hydrogen-bond donors (Lipinski definition) is 0. The monoisotopic (exact) mass is 410 g/mol. The van der Waals surface area contributed by atoms with Gasteiger partial charge in [-0.25, -0.2) is 9.98 Å². The van der Waals surface area contributed by atoms with E-state index in [0.29, 0.717) is 31.4 Å². The first-order chi connectivity index (χ1) is 15.2. The van der Waals surface area contributed by atoms with E-state index in [0.717, 1.165) is 11.1 Å². The summed E-state index contributed by atoms with van der Waals surface area (Å²) in [7, 11) is 0. The summed E-state index contributed by atoms with van der Waals surface area (Å²) in [4.78, 5) is 10.0. The lowest BCUT2D eigenvalue weighted by atomic mass is 9.82. The van der Waals surface area contributed by atoms with Crippen LogP contribution in [-0.2, 0) is 15.9 Å². The molecule has 0 radical (unpaired) electrons. The minimum Gasteiger partial charge on any atom is -0.478 e. The van der Waals surface area contributed by atoms with E-state index in [1.54, 1.807) is 0 Å². The molecule has 0 N–H and O–H groups in total. The predicted octanol–water partition coefficient (Wildman–Crippen LogP) is 5.58. The highest BCUT2D eigenvalue weighted by Crippen LogP contribution is 2.38. The van der Waals surface area contributed by atoms with Crippen molar-refractivity contribution in [3.05, 3.63) is 108 Å². The molecule has 0 aliphatic carbocycles. The van der Waals surface area contributed by atoms with Gasteiger partial charge in [0.2, 0.25) is 0 Å². The Morgan fingerprint density at radius 3 is 1.55 bits per heavy atom. The molecule has 2 aliphatic heterocycles. The maximum Gasteiger partial charge on any atom is 0.200 e. The Balaban J connectivity index is 1.50. The van der Waals surface area contributed by atoms with E-state index in [1.165, 1.54) is 5.56 Å². The van der Waals surface area contributed by atoms with Crippen LogP contribution in [0.4, 0.5) is 0 Å². The Morgan fingerprint density at radius 2 is 1.10 bits per heavy atom. The van der Waals surface area contributed by atoms with Gasteiger partial charge < -0.3 is 9.47 Å². The summed E-state index contributed by atoms with van der Waals surface area (Å²) in [6.45, 7) is 3.22. The summed E-state index contributed by atoms with van der Waals surface area (Å²) in [5, 5.41) is 0. The molecule has 3 aromatic carbocycles. The minimum atomic E-state index is -0.561. The van der Waals surface area contributed by atoms with Crippen molar-refractivity contribution in [2.45, 2.75) is 25.4 Å². The lowest BCUT2D eigenvalue weighted by Gasteiger charge is -2.28. The Hall–Kier alpha value is -3.40. The van der Waals surface area contributed by atoms with Gasteiger partial charge in [0.1, 0.15) is 30.7 Å². The fourth-order valence-electron chi connectivity index (χ4n) is 4.29. The Kier molecular flexibility index (Phi) is 5.29. The molecule has 2 unspecified atom stereocenters. The molecule has 156 valence electrons. The number of benzene rings is 3. The van der Waals surface area contributed by atoms with Crippen LogP contribution in [-0.4, -0.2) is 25.0 Å². The van der Waals surface area contributed by atoms with Gasteiger partial charge in [0, 0.05) is 0 Å². The summed E-state index contributed by atoms with van der Waals surface area (Å²) in [6, 6.07) is 31.0. The minimum absolute atomic E-state index is 0.00165. The lowest BCUT2D eigenvalue weighted by Crippen LogP contribution is -2.39. The van der Waals surface area contributed by atoms with Crippen molar-refractivity contribution in [1.82, 2.24) is 0 Å². The fourth-order valence-corrected chi connectivity index (χ4v) is 4.29. The first kappa shape index (κ1) is 19.6.